The summed E-state index contributed by atoms with van der Waals surface area (Å²) >= 11 is 0. The number of oxime groups is 1. The Hall–Kier alpha value is -1.57. The maximum Gasteiger partial charge on any atom is 0.286 e. The van der Waals surface area contributed by atoms with Crippen molar-refractivity contribution in [1.29, 1.82) is 5.26 Å². The zero-order valence-electron chi connectivity index (χ0n) is 5.70. The molecule has 0 atom stereocenters. The molecule has 0 rings (SSSR count). The molecule has 5 heteroatoms. The molecule has 0 spiro atoms. The third-order valence-electron chi connectivity index (χ3n) is 0.815. The molecule has 0 saturated heterocycles. The van der Waals surface area contributed by atoms with Crippen LogP contribution in [0.2, 0.25) is 0 Å². The van der Waals surface area contributed by atoms with Crippen LogP contribution >= 0.6 is 0 Å². The molecule has 0 aromatic rings. The van der Waals surface area contributed by atoms with E-state index in [1.807, 2.05) is 0 Å². The topological polar surface area (TPSA) is 76.7 Å². The van der Waals surface area contributed by atoms with E-state index in [4.69, 9.17) is 10.5 Å². The van der Waals surface area contributed by atoms with E-state index in [1.54, 1.807) is 0 Å². The Morgan fingerprint density at radius 3 is 2.30 bits per heavy atom. The van der Waals surface area contributed by atoms with E-state index < -0.39 is 11.6 Å². The molecule has 0 heterocycles. The molecule has 54 valence electrons. The monoisotopic (exact) mass is 141 g/mol. The average molecular weight is 141 g/mol. The van der Waals surface area contributed by atoms with Crippen LogP contribution in [-0.2, 0) is 4.79 Å². The van der Waals surface area contributed by atoms with Gasteiger partial charge in [0.05, 0.1) is 0 Å². The maximum absolute atomic E-state index is 10.7. The minimum absolute atomic E-state index is 0.509. The molecule has 5 nitrogen and oxygen atoms in total. The van der Waals surface area contributed by atoms with Gasteiger partial charge < -0.3 is 10.1 Å². The van der Waals surface area contributed by atoms with E-state index in [2.05, 4.69) is 5.16 Å². The molecule has 0 saturated carbocycles. The molecule has 1 amide bonds. The van der Waals surface area contributed by atoms with Crippen molar-refractivity contribution < 1.29 is 10.0 Å². The van der Waals surface area contributed by atoms with Crippen LogP contribution in [0.3, 0.4) is 0 Å². The second-order valence-corrected chi connectivity index (χ2v) is 1.76. The summed E-state index contributed by atoms with van der Waals surface area (Å²) in [4.78, 5) is 11.9. The lowest BCUT2D eigenvalue weighted by Crippen LogP contribution is -2.28. The maximum atomic E-state index is 10.7. The summed E-state index contributed by atoms with van der Waals surface area (Å²) in [6.45, 7) is 0. The van der Waals surface area contributed by atoms with Gasteiger partial charge in [0.1, 0.15) is 6.07 Å². The summed E-state index contributed by atoms with van der Waals surface area (Å²) in [6.07, 6.45) is 0. The van der Waals surface area contributed by atoms with E-state index in [-0.39, 0.29) is 0 Å². The molecule has 1 N–H and O–H groups in total. The average Bonchev–Trinajstić information content (AvgIpc) is 1.90. The van der Waals surface area contributed by atoms with Crippen LogP contribution in [0.15, 0.2) is 5.16 Å². The number of nitrogens with zero attached hydrogens (tertiary/aromatic N) is 3. The van der Waals surface area contributed by atoms with Gasteiger partial charge in [-0.05, 0) is 0 Å². The highest BCUT2D eigenvalue weighted by Crippen LogP contribution is 1.82. The van der Waals surface area contributed by atoms with Crippen molar-refractivity contribution >= 4 is 11.6 Å². The second-order valence-electron chi connectivity index (χ2n) is 1.76. The smallest absolute Gasteiger partial charge is 0.286 e. The Morgan fingerprint density at radius 1 is 1.70 bits per heavy atom. The van der Waals surface area contributed by atoms with Crippen molar-refractivity contribution in [3.63, 3.8) is 0 Å². The van der Waals surface area contributed by atoms with Gasteiger partial charge in [-0.1, -0.05) is 5.16 Å². The van der Waals surface area contributed by atoms with E-state index in [1.165, 1.54) is 20.2 Å². The van der Waals surface area contributed by atoms with E-state index in [9.17, 15) is 4.79 Å². The number of amides is 1. The molecule has 0 aliphatic heterocycles. The zero-order valence-corrected chi connectivity index (χ0v) is 5.70. The van der Waals surface area contributed by atoms with Crippen LogP contribution in [0.4, 0.5) is 0 Å². The molecule has 10 heavy (non-hydrogen) atoms. The lowest BCUT2D eigenvalue weighted by atomic mass is 10.4. The lowest BCUT2D eigenvalue weighted by Gasteiger charge is -2.05. The van der Waals surface area contributed by atoms with Gasteiger partial charge in [-0.25, -0.2) is 0 Å². The van der Waals surface area contributed by atoms with Gasteiger partial charge in [0.2, 0.25) is 5.71 Å². The summed E-state index contributed by atoms with van der Waals surface area (Å²) < 4.78 is 0. The van der Waals surface area contributed by atoms with E-state index in [0.29, 0.717) is 0 Å². The number of rotatable bonds is 1. The highest BCUT2D eigenvalue weighted by Gasteiger charge is 2.12. The van der Waals surface area contributed by atoms with Crippen molar-refractivity contribution in [1.82, 2.24) is 4.90 Å². The van der Waals surface area contributed by atoms with E-state index in [0.717, 1.165) is 4.90 Å². The summed E-state index contributed by atoms with van der Waals surface area (Å²) in [5, 5.41) is 18.7. The number of hydrogen-bond donors (Lipinski definition) is 1. The molecule has 0 aromatic carbocycles. The third kappa shape index (κ3) is 1.74. The molecule has 0 unspecified atom stereocenters. The van der Waals surface area contributed by atoms with Crippen molar-refractivity contribution in [3.05, 3.63) is 0 Å². The minimum atomic E-state index is -0.606. The van der Waals surface area contributed by atoms with Crippen LogP contribution < -0.4 is 0 Å². The fraction of sp³-hybridized carbons (Fsp3) is 0.400. The Balaban J connectivity index is 4.38. The molecule has 0 aliphatic carbocycles. The highest BCUT2D eigenvalue weighted by molar-refractivity contribution is 6.44. The first-order valence-corrected chi connectivity index (χ1v) is 2.47. The van der Waals surface area contributed by atoms with Crippen molar-refractivity contribution in [2.45, 2.75) is 0 Å². The molecule has 0 fully saturated rings. The summed E-state index contributed by atoms with van der Waals surface area (Å²) in [7, 11) is 2.93. The largest absolute Gasteiger partial charge is 0.410 e. The summed E-state index contributed by atoms with van der Waals surface area (Å²) in [6, 6.07) is 1.44. The molecule has 0 aliphatic rings. The van der Waals surface area contributed by atoms with Crippen LogP contribution in [0, 0.1) is 11.3 Å². The quantitative estimate of drug-likeness (QED) is 0.302. The molecular formula is C5H7N3O2. The van der Waals surface area contributed by atoms with Crippen molar-refractivity contribution in [2.75, 3.05) is 14.1 Å². The second kappa shape index (κ2) is 3.45. The normalized spacial score (nSPS) is 10.3. The van der Waals surface area contributed by atoms with Crippen LogP contribution in [0.5, 0.6) is 0 Å². The van der Waals surface area contributed by atoms with Crippen LogP contribution in [0.1, 0.15) is 0 Å². The van der Waals surface area contributed by atoms with E-state index >= 15 is 0 Å². The van der Waals surface area contributed by atoms with Crippen molar-refractivity contribution in [2.24, 2.45) is 5.16 Å². The zero-order chi connectivity index (χ0) is 8.15. The molecular weight excluding hydrogens is 134 g/mol. The first-order valence-electron chi connectivity index (χ1n) is 2.47. The Morgan fingerprint density at radius 2 is 2.20 bits per heavy atom. The summed E-state index contributed by atoms with van der Waals surface area (Å²) in [5.74, 6) is -0.606. The molecule has 0 bridgehead atoms. The van der Waals surface area contributed by atoms with Gasteiger partial charge in [0, 0.05) is 14.1 Å². The van der Waals surface area contributed by atoms with Gasteiger partial charge in [0.25, 0.3) is 5.91 Å². The van der Waals surface area contributed by atoms with Gasteiger partial charge in [-0.3, -0.25) is 4.79 Å². The number of nitriles is 1. The predicted octanol–water partition coefficient (Wildman–Crippen LogP) is -0.572. The highest BCUT2D eigenvalue weighted by atomic mass is 16.4. The van der Waals surface area contributed by atoms with Crippen molar-refractivity contribution in [3.8, 4) is 6.07 Å². The first-order chi connectivity index (χ1) is 4.63. The standard InChI is InChI=1S/C5H7N3O2/c1-8(2)5(9)4(3-6)7-10/h10H,1-2H3/b7-4-. The van der Waals surface area contributed by atoms with Gasteiger partial charge in [-0.2, -0.15) is 5.26 Å². The summed E-state index contributed by atoms with van der Waals surface area (Å²) in [5.41, 5.74) is -0.509. The fourth-order valence-corrected chi connectivity index (χ4v) is 0.325. The first kappa shape index (κ1) is 8.43. The Labute approximate surface area is 58.2 Å². The van der Waals surface area contributed by atoms with Gasteiger partial charge >= 0.3 is 0 Å². The van der Waals surface area contributed by atoms with Crippen LogP contribution in [0.25, 0.3) is 0 Å². The lowest BCUT2D eigenvalue weighted by molar-refractivity contribution is -0.121. The Kier molecular flexibility index (Phi) is 2.91. The SMILES string of the molecule is CN(C)C(=O)/C(C#N)=N\O. The Bertz CT molecular complexity index is 201. The van der Waals surface area contributed by atoms with Gasteiger partial charge in [0.15, 0.2) is 0 Å². The van der Waals surface area contributed by atoms with Crippen LogP contribution in [-0.4, -0.2) is 35.8 Å². The molecule has 0 radical (unpaired) electrons. The number of hydrogen-bond acceptors (Lipinski definition) is 4. The number of carbonyl (C=O) groups excluding carboxylic acids is 1. The third-order valence-corrected chi connectivity index (χ3v) is 0.815. The van der Waals surface area contributed by atoms with Gasteiger partial charge in [-0.15, -0.1) is 0 Å². The fourth-order valence-electron chi connectivity index (χ4n) is 0.325. The minimum Gasteiger partial charge on any atom is -0.410 e. The predicted molar refractivity (Wildman–Crippen MR) is 33.5 cm³/mol. The number of carbonyl (C=O) groups is 1. The molecule has 0 aromatic heterocycles.